The highest BCUT2D eigenvalue weighted by Crippen LogP contribution is 2.43. The van der Waals surface area contributed by atoms with Crippen molar-refractivity contribution in [1.29, 1.82) is 0 Å². The van der Waals surface area contributed by atoms with Crippen LogP contribution in [-0.2, 0) is 4.79 Å². The van der Waals surface area contributed by atoms with E-state index in [2.05, 4.69) is 6.92 Å². The fourth-order valence-electron chi connectivity index (χ4n) is 4.31. The summed E-state index contributed by atoms with van der Waals surface area (Å²) in [5.41, 5.74) is 1.05. The summed E-state index contributed by atoms with van der Waals surface area (Å²) in [5, 5.41) is 11.5. The van der Waals surface area contributed by atoms with E-state index < -0.39 is 23.5 Å². The van der Waals surface area contributed by atoms with Gasteiger partial charge >= 0.3 is 0 Å². The third kappa shape index (κ3) is 3.95. The summed E-state index contributed by atoms with van der Waals surface area (Å²) in [7, 11) is 3.06. The molecular formula is C26H27NO6. The number of fused-ring (bicyclic) bond motifs is 1. The van der Waals surface area contributed by atoms with Crippen LogP contribution in [0.25, 0.3) is 11.0 Å². The van der Waals surface area contributed by atoms with Crippen LogP contribution in [0.1, 0.15) is 48.3 Å². The first-order valence-electron chi connectivity index (χ1n) is 11.0. The minimum Gasteiger partial charge on any atom is -0.503 e. The van der Waals surface area contributed by atoms with Crippen molar-refractivity contribution < 1.29 is 28.6 Å². The highest BCUT2D eigenvalue weighted by molar-refractivity contribution is 6.16. The molecule has 2 aromatic carbocycles. The number of ether oxygens (including phenoxy) is 2. The van der Waals surface area contributed by atoms with Crippen molar-refractivity contribution in [2.24, 2.45) is 0 Å². The zero-order valence-electron chi connectivity index (χ0n) is 19.0. The van der Waals surface area contributed by atoms with E-state index in [4.69, 9.17) is 13.9 Å². The molecule has 2 heterocycles. The number of amides is 1. The van der Waals surface area contributed by atoms with Crippen molar-refractivity contribution in [3.8, 4) is 11.5 Å². The van der Waals surface area contributed by atoms with E-state index in [1.807, 2.05) is 12.1 Å². The minimum absolute atomic E-state index is 0.0148. The zero-order chi connectivity index (χ0) is 23.5. The molecule has 1 N–H and O–H groups in total. The molecule has 33 heavy (non-hydrogen) atoms. The number of furan rings is 1. The normalized spacial score (nSPS) is 16.0. The van der Waals surface area contributed by atoms with Crippen LogP contribution in [0.5, 0.6) is 11.5 Å². The first-order chi connectivity index (χ1) is 16.0. The molecule has 172 valence electrons. The Morgan fingerprint density at radius 1 is 1.06 bits per heavy atom. The predicted octanol–water partition coefficient (Wildman–Crippen LogP) is 5.22. The van der Waals surface area contributed by atoms with Crippen LogP contribution in [-0.4, -0.2) is 42.5 Å². The van der Waals surface area contributed by atoms with Gasteiger partial charge in [0.05, 0.1) is 25.8 Å². The third-order valence-corrected chi connectivity index (χ3v) is 5.94. The molecule has 7 nitrogen and oxygen atoms in total. The fourth-order valence-corrected chi connectivity index (χ4v) is 4.31. The van der Waals surface area contributed by atoms with Gasteiger partial charge in [0.1, 0.15) is 5.75 Å². The number of ketones is 1. The molecule has 1 unspecified atom stereocenters. The van der Waals surface area contributed by atoms with Gasteiger partial charge in [-0.3, -0.25) is 9.59 Å². The summed E-state index contributed by atoms with van der Waals surface area (Å²) < 4.78 is 16.7. The molecule has 3 aromatic rings. The van der Waals surface area contributed by atoms with Crippen molar-refractivity contribution in [3.63, 3.8) is 0 Å². The number of nitrogens with zero attached hydrogens (tertiary/aromatic N) is 1. The number of hydrogen-bond acceptors (Lipinski definition) is 6. The number of methoxy groups -OCH3 is 2. The number of Topliss-reactive ketones (excluding diaryl/α,β-unsaturated/α-hetero) is 1. The molecule has 4 rings (SSSR count). The summed E-state index contributed by atoms with van der Waals surface area (Å²) in [5.74, 6) is -0.622. The van der Waals surface area contributed by atoms with Gasteiger partial charge in [-0.15, -0.1) is 0 Å². The Hall–Kier alpha value is -3.74. The monoisotopic (exact) mass is 449 g/mol. The molecule has 0 saturated heterocycles. The topological polar surface area (TPSA) is 89.2 Å². The van der Waals surface area contributed by atoms with Gasteiger partial charge in [-0.1, -0.05) is 50.1 Å². The highest BCUT2D eigenvalue weighted by Gasteiger charge is 2.45. The molecule has 0 bridgehead atoms. The van der Waals surface area contributed by atoms with E-state index >= 15 is 0 Å². The van der Waals surface area contributed by atoms with Gasteiger partial charge in [-0.2, -0.15) is 0 Å². The summed E-state index contributed by atoms with van der Waals surface area (Å²) in [4.78, 5) is 28.3. The van der Waals surface area contributed by atoms with Crippen LogP contribution < -0.4 is 9.47 Å². The second-order valence-corrected chi connectivity index (χ2v) is 7.93. The lowest BCUT2D eigenvalue weighted by Gasteiger charge is -2.27. The van der Waals surface area contributed by atoms with Crippen LogP contribution >= 0.6 is 0 Å². The molecule has 0 spiro atoms. The predicted molar refractivity (Wildman–Crippen MR) is 124 cm³/mol. The van der Waals surface area contributed by atoms with E-state index in [1.54, 1.807) is 41.3 Å². The first kappa shape index (κ1) is 22.5. The maximum Gasteiger partial charge on any atom is 0.290 e. The maximum atomic E-state index is 13.7. The molecular weight excluding hydrogens is 422 g/mol. The van der Waals surface area contributed by atoms with Crippen LogP contribution in [0.4, 0.5) is 0 Å². The summed E-state index contributed by atoms with van der Waals surface area (Å²) in [6, 6.07) is 13.4. The average Bonchev–Trinajstić information content (AvgIpc) is 3.38. The van der Waals surface area contributed by atoms with Gasteiger partial charge in [0, 0.05) is 17.5 Å². The number of hydrogen-bond donors (Lipinski definition) is 1. The Balaban J connectivity index is 1.81. The van der Waals surface area contributed by atoms with Crippen molar-refractivity contribution in [3.05, 3.63) is 71.2 Å². The maximum absolute atomic E-state index is 13.7. The van der Waals surface area contributed by atoms with Crippen molar-refractivity contribution in [1.82, 2.24) is 4.90 Å². The van der Waals surface area contributed by atoms with Crippen molar-refractivity contribution >= 4 is 22.7 Å². The van der Waals surface area contributed by atoms with Gasteiger partial charge in [0.15, 0.2) is 22.9 Å². The van der Waals surface area contributed by atoms with Gasteiger partial charge in [-0.05, 0) is 24.6 Å². The van der Waals surface area contributed by atoms with E-state index in [-0.39, 0.29) is 11.3 Å². The lowest BCUT2D eigenvalue weighted by Crippen LogP contribution is -2.32. The summed E-state index contributed by atoms with van der Waals surface area (Å²) >= 11 is 0. The van der Waals surface area contributed by atoms with E-state index in [1.165, 1.54) is 14.2 Å². The first-order valence-corrected chi connectivity index (χ1v) is 11.0. The van der Waals surface area contributed by atoms with Crippen molar-refractivity contribution in [2.45, 2.75) is 32.2 Å². The zero-order valence-corrected chi connectivity index (χ0v) is 19.0. The van der Waals surface area contributed by atoms with Crippen LogP contribution in [0.15, 0.2) is 64.3 Å². The highest BCUT2D eigenvalue weighted by atomic mass is 16.5. The Bertz CT molecular complexity index is 1220. The SMILES string of the molecule is CCCCCN1C(=O)C(O)=C(C(=O)c2cc3cccc(OC)c3o2)C1c1ccccc1OC. The molecule has 7 heteroatoms. The fraction of sp³-hybridized carbons (Fsp3) is 0.308. The largest absolute Gasteiger partial charge is 0.503 e. The lowest BCUT2D eigenvalue weighted by atomic mass is 9.94. The summed E-state index contributed by atoms with van der Waals surface area (Å²) in [6.45, 7) is 2.48. The van der Waals surface area contributed by atoms with E-state index in [9.17, 15) is 14.7 Å². The number of carbonyl (C=O) groups is 2. The molecule has 1 atom stereocenters. The second kappa shape index (κ2) is 9.40. The number of carbonyl (C=O) groups excluding carboxylic acids is 2. The standard InChI is InChI=1S/C26H27NO6/c1-4-5-8-14-27-22(17-11-6-7-12-18(17)31-2)21(24(29)26(27)30)23(28)20-15-16-10-9-13-19(32-3)25(16)33-20/h6-7,9-13,15,22,29H,4-5,8,14H2,1-3H3. The van der Waals surface area contributed by atoms with Gasteiger partial charge in [0.25, 0.3) is 5.91 Å². The van der Waals surface area contributed by atoms with Crippen molar-refractivity contribution in [2.75, 3.05) is 20.8 Å². The molecule has 1 amide bonds. The molecule has 0 fully saturated rings. The van der Waals surface area contributed by atoms with Gasteiger partial charge in [-0.25, -0.2) is 0 Å². The van der Waals surface area contributed by atoms with Crippen LogP contribution in [0.2, 0.25) is 0 Å². The smallest absolute Gasteiger partial charge is 0.290 e. The molecule has 1 aromatic heterocycles. The Kier molecular flexibility index (Phi) is 6.40. The van der Waals surface area contributed by atoms with E-state index in [0.717, 1.165) is 19.3 Å². The Labute approximate surface area is 192 Å². The Morgan fingerprint density at radius 2 is 1.79 bits per heavy atom. The molecule has 1 aliphatic rings. The number of rotatable bonds is 9. The lowest BCUT2D eigenvalue weighted by molar-refractivity contribution is -0.129. The van der Waals surface area contributed by atoms with Crippen LogP contribution in [0.3, 0.4) is 0 Å². The third-order valence-electron chi connectivity index (χ3n) is 5.94. The average molecular weight is 450 g/mol. The number of para-hydroxylation sites is 2. The molecule has 0 aliphatic carbocycles. The molecule has 0 saturated carbocycles. The van der Waals surface area contributed by atoms with Gasteiger partial charge in [0.2, 0.25) is 5.78 Å². The number of benzene rings is 2. The number of unbranched alkanes of at least 4 members (excludes halogenated alkanes) is 2. The molecule has 0 radical (unpaired) electrons. The van der Waals surface area contributed by atoms with Gasteiger partial charge < -0.3 is 23.9 Å². The molecule has 1 aliphatic heterocycles. The second-order valence-electron chi connectivity index (χ2n) is 7.93. The number of aliphatic hydroxyl groups excluding tert-OH is 1. The van der Waals surface area contributed by atoms with Crippen LogP contribution in [0, 0.1) is 0 Å². The minimum atomic E-state index is -0.784. The van der Waals surface area contributed by atoms with E-state index in [0.29, 0.717) is 34.6 Å². The summed E-state index contributed by atoms with van der Waals surface area (Å²) in [6.07, 6.45) is 2.66. The Morgan fingerprint density at radius 3 is 2.52 bits per heavy atom. The quantitative estimate of drug-likeness (QED) is 0.356. The number of aliphatic hydroxyl groups is 1.